The maximum Gasteiger partial charge on any atom is 0.165 e. The Balaban J connectivity index is 1.29. The van der Waals surface area contributed by atoms with Gasteiger partial charge in [0.2, 0.25) is 0 Å². The Morgan fingerprint density at radius 1 is 0.260 bits per heavy atom. The monoisotopic (exact) mass is 635 g/mol. The zero-order valence-electron chi connectivity index (χ0n) is 27.1. The highest BCUT2D eigenvalue weighted by Crippen LogP contribution is 2.40. The molecule has 1 heterocycles. The van der Waals surface area contributed by atoms with Crippen LogP contribution in [-0.2, 0) is 0 Å². The second kappa shape index (κ2) is 11.5. The third-order valence-electron chi connectivity index (χ3n) is 9.88. The normalized spacial score (nSPS) is 11.6. The molecular weight excluding hydrogens is 607 g/mol. The molecule has 0 aliphatic heterocycles. The molecule has 50 heavy (non-hydrogen) atoms. The molecular formula is C47H29N3. The Hall–Kier alpha value is -6.71. The van der Waals surface area contributed by atoms with Gasteiger partial charge in [-0.15, -0.1) is 0 Å². The van der Waals surface area contributed by atoms with E-state index in [0.717, 1.165) is 49.4 Å². The fraction of sp³-hybridized carbons (Fsp3) is 0. The van der Waals surface area contributed by atoms with Crippen LogP contribution in [0.1, 0.15) is 0 Å². The molecule has 3 nitrogen and oxygen atoms in total. The van der Waals surface area contributed by atoms with Crippen molar-refractivity contribution >= 4 is 53.9 Å². The van der Waals surface area contributed by atoms with Crippen LogP contribution in [0, 0.1) is 0 Å². The first-order chi connectivity index (χ1) is 24.8. The van der Waals surface area contributed by atoms with Crippen LogP contribution in [0.3, 0.4) is 0 Å². The summed E-state index contributed by atoms with van der Waals surface area (Å²) in [7, 11) is 0. The Morgan fingerprint density at radius 3 is 1.58 bits per heavy atom. The van der Waals surface area contributed by atoms with Gasteiger partial charge in [0.1, 0.15) is 0 Å². The van der Waals surface area contributed by atoms with E-state index in [1.807, 2.05) is 6.07 Å². The summed E-state index contributed by atoms with van der Waals surface area (Å²) in [6, 6.07) is 62.2. The van der Waals surface area contributed by atoms with Gasteiger partial charge in [-0.3, -0.25) is 0 Å². The average molecular weight is 636 g/mol. The number of benzene rings is 9. The number of fused-ring (bicyclic) bond motifs is 7. The summed E-state index contributed by atoms with van der Waals surface area (Å²) >= 11 is 0. The number of hydrogen-bond donors (Lipinski definition) is 0. The second-order valence-corrected chi connectivity index (χ2v) is 12.8. The molecule has 232 valence electrons. The third kappa shape index (κ3) is 4.63. The zero-order chi connectivity index (χ0) is 33.0. The highest BCUT2D eigenvalue weighted by Gasteiger charge is 2.20. The molecule has 0 radical (unpaired) electrons. The standard InChI is InChI=1S/C47H29N3/c1-2-12-30(13-3-1)37-18-10-11-21-42(37)46-48-45(35-25-26-39-34(28-35)23-22-31-14-4-7-17-36(31)39)49-47(50-46)44-40-20-9-6-16-33(40)29-43-38-19-8-5-15-32(38)24-27-41(43)44/h1-29H. The van der Waals surface area contributed by atoms with Crippen molar-refractivity contribution in [3.05, 3.63) is 176 Å². The minimum atomic E-state index is 0.643. The molecule has 0 N–H and O–H groups in total. The molecule has 0 aliphatic rings. The number of rotatable bonds is 4. The van der Waals surface area contributed by atoms with Crippen LogP contribution in [0.2, 0.25) is 0 Å². The molecule has 0 fully saturated rings. The van der Waals surface area contributed by atoms with Crippen molar-refractivity contribution in [1.82, 2.24) is 15.0 Å². The molecule has 3 heteroatoms. The van der Waals surface area contributed by atoms with Crippen LogP contribution in [0.5, 0.6) is 0 Å². The van der Waals surface area contributed by atoms with E-state index in [0.29, 0.717) is 17.5 Å². The highest BCUT2D eigenvalue weighted by molar-refractivity contribution is 6.19. The molecule has 0 amide bonds. The Kier molecular flexibility index (Phi) is 6.49. The summed E-state index contributed by atoms with van der Waals surface area (Å²) < 4.78 is 0. The van der Waals surface area contributed by atoms with E-state index in [4.69, 9.17) is 15.0 Å². The van der Waals surface area contributed by atoms with E-state index in [2.05, 4.69) is 170 Å². The van der Waals surface area contributed by atoms with Gasteiger partial charge in [0.05, 0.1) is 0 Å². The van der Waals surface area contributed by atoms with Gasteiger partial charge in [-0.25, -0.2) is 15.0 Å². The van der Waals surface area contributed by atoms with Crippen molar-refractivity contribution in [2.24, 2.45) is 0 Å². The van der Waals surface area contributed by atoms with Gasteiger partial charge < -0.3 is 0 Å². The lowest BCUT2D eigenvalue weighted by molar-refractivity contribution is 1.08. The van der Waals surface area contributed by atoms with Crippen molar-refractivity contribution in [1.29, 1.82) is 0 Å². The molecule has 0 saturated heterocycles. The lowest BCUT2D eigenvalue weighted by atomic mass is 9.93. The van der Waals surface area contributed by atoms with Crippen molar-refractivity contribution in [2.45, 2.75) is 0 Å². The first kappa shape index (κ1) is 28.3. The largest absolute Gasteiger partial charge is 0.208 e. The van der Waals surface area contributed by atoms with Gasteiger partial charge in [0.15, 0.2) is 17.5 Å². The van der Waals surface area contributed by atoms with Gasteiger partial charge >= 0.3 is 0 Å². The van der Waals surface area contributed by atoms with E-state index in [-0.39, 0.29) is 0 Å². The summed E-state index contributed by atoms with van der Waals surface area (Å²) in [6.07, 6.45) is 0. The van der Waals surface area contributed by atoms with Gasteiger partial charge in [-0.1, -0.05) is 164 Å². The number of nitrogens with zero attached hydrogens (tertiary/aromatic N) is 3. The first-order valence-corrected chi connectivity index (χ1v) is 16.9. The number of aromatic nitrogens is 3. The number of hydrogen-bond acceptors (Lipinski definition) is 3. The van der Waals surface area contributed by atoms with Gasteiger partial charge in [0.25, 0.3) is 0 Å². The van der Waals surface area contributed by atoms with E-state index in [1.54, 1.807) is 0 Å². The van der Waals surface area contributed by atoms with Gasteiger partial charge in [0, 0.05) is 16.7 Å². The highest BCUT2D eigenvalue weighted by atomic mass is 15.0. The summed E-state index contributed by atoms with van der Waals surface area (Å²) in [5, 5.41) is 11.8. The molecule has 0 atom stereocenters. The zero-order valence-corrected chi connectivity index (χ0v) is 27.1. The van der Waals surface area contributed by atoms with Gasteiger partial charge in [-0.2, -0.15) is 0 Å². The quantitative estimate of drug-likeness (QED) is 0.143. The minimum absolute atomic E-state index is 0.643. The predicted molar refractivity (Wildman–Crippen MR) is 209 cm³/mol. The van der Waals surface area contributed by atoms with Crippen molar-refractivity contribution in [3.8, 4) is 45.3 Å². The Morgan fingerprint density at radius 2 is 0.780 bits per heavy atom. The summed E-state index contributed by atoms with van der Waals surface area (Å²) in [5.41, 5.74) is 5.12. The maximum atomic E-state index is 5.35. The Labute approximate surface area is 289 Å². The maximum absolute atomic E-state index is 5.35. The average Bonchev–Trinajstić information content (AvgIpc) is 3.19. The fourth-order valence-corrected chi connectivity index (χ4v) is 7.50. The SMILES string of the molecule is c1ccc(-c2ccccc2-c2nc(-c3ccc4c(ccc5ccccc54)c3)nc(-c3c4ccccc4cc4c3ccc3ccccc34)n2)cc1. The lowest BCUT2D eigenvalue weighted by Crippen LogP contribution is -2.02. The Bertz CT molecular complexity index is 2930. The van der Waals surface area contributed by atoms with E-state index in [1.165, 1.54) is 32.3 Å². The molecule has 1 aromatic heterocycles. The van der Waals surface area contributed by atoms with Crippen LogP contribution in [-0.4, -0.2) is 15.0 Å². The molecule has 0 saturated carbocycles. The topological polar surface area (TPSA) is 38.7 Å². The lowest BCUT2D eigenvalue weighted by Gasteiger charge is -2.16. The van der Waals surface area contributed by atoms with Crippen LogP contribution in [0.25, 0.3) is 99.2 Å². The molecule has 10 rings (SSSR count). The van der Waals surface area contributed by atoms with Crippen LogP contribution < -0.4 is 0 Å². The van der Waals surface area contributed by atoms with Crippen LogP contribution in [0.15, 0.2) is 176 Å². The molecule has 10 aromatic rings. The first-order valence-electron chi connectivity index (χ1n) is 16.9. The summed E-state index contributed by atoms with van der Waals surface area (Å²) in [4.78, 5) is 15.9. The second-order valence-electron chi connectivity index (χ2n) is 12.8. The third-order valence-corrected chi connectivity index (χ3v) is 9.88. The molecule has 0 aliphatic carbocycles. The van der Waals surface area contributed by atoms with Crippen molar-refractivity contribution < 1.29 is 0 Å². The van der Waals surface area contributed by atoms with E-state index < -0.39 is 0 Å². The van der Waals surface area contributed by atoms with Crippen LogP contribution >= 0.6 is 0 Å². The minimum Gasteiger partial charge on any atom is -0.208 e. The molecule has 9 aromatic carbocycles. The van der Waals surface area contributed by atoms with E-state index >= 15 is 0 Å². The molecule has 0 unspecified atom stereocenters. The van der Waals surface area contributed by atoms with Crippen LogP contribution in [0.4, 0.5) is 0 Å². The van der Waals surface area contributed by atoms with Gasteiger partial charge in [-0.05, 0) is 77.1 Å². The molecule has 0 bridgehead atoms. The van der Waals surface area contributed by atoms with E-state index in [9.17, 15) is 0 Å². The summed E-state index contributed by atoms with van der Waals surface area (Å²) in [5.74, 6) is 1.94. The predicted octanol–water partition coefficient (Wildman–Crippen LogP) is 12.3. The summed E-state index contributed by atoms with van der Waals surface area (Å²) in [6.45, 7) is 0. The molecule has 0 spiro atoms. The smallest absolute Gasteiger partial charge is 0.165 e. The van der Waals surface area contributed by atoms with Crippen molar-refractivity contribution in [2.75, 3.05) is 0 Å². The fourth-order valence-electron chi connectivity index (χ4n) is 7.50. The van der Waals surface area contributed by atoms with Crippen molar-refractivity contribution in [3.63, 3.8) is 0 Å².